The van der Waals surface area contributed by atoms with Crippen molar-refractivity contribution in [2.75, 3.05) is 7.05 Å². The number of benzene rings is 1. The number of hydrogen-bond donors (Lipinski definition) is 2. The Balaban J connectivity index is 0.000000606. The van der Waals surface area contributed by atoms with E-state index in [0.29, 0.717) is 0 Å². The van der Waals surface area contributed by atoms with E-state index in [1.807, 2.05) is 26.0 Å². The first-order chi connectivity index (χ1) is 7.81. The van der Waals surface area contributed by atoms with Crippen molar-refractivity contribution >= 4 is 5.91 Å². The zero-order chi connectivity index (χ0) is 12.0. The fourth-order valence-electron chi connectivity index (χ4n) is 1.81. The van der Waals surface area contributed by atoms with Crippen molar-refractivity contribution in [3.05, 3.63) is 35.4 Å². The van der Waals surface area contributed by atoms with Gasteiger partial charge in [-0.1, -0.05) is 38.1 Å². The number of hydrogen-bond acceptors (Lipinski definition) is 2. The molecule has 1 aliphatic heterocycles. The van der Waals surface area contributed by atoms with E-state index >= 15 is 0 Å². The van der Waals surface area contributed by atoms with Crippen LogP contribution in [0.1, 0.15) is 25.0 Å². The molecular weight excluding hydrogens is 200 g/mol. The van der Waals surface area contributed by atoms with E-state index in [1.165, 1.54) is 11.1 Å². The quantitative estimate of drug-likeness (QED) is 0.752. The summed E-state index contributed by atoms with van der Waals surface area (Å²) in [5.41, 5.74) is 2.58. The number of nitrogens with one attached hydrogen (secondary N) is 2. The highest BCUT2D eigenvalue weighted by Gasteiger charge is 2.22. The highest BCUT2D eigenvalue weighted by Crippen LogP contribution is 2.15. The zero-order valence-corrected chi connectivity index (χ0v) is 10.2. The first-order valence-electron chi connectivity index (χ1n) is 5.83. The van der Waals surface area contributed by atoms with Crippen molar-refractivity contribution in [1.29, 1.82) is 0 Å². The summed E-state index contributed by atoms with van der Waals surface area (Å²) in [6.45, 7) is 4.79. The SMILES string of the molecule is CC.CNC(=O)C1Cc2ccccc2CN1. The second kappa shape index (κ2) is 6.28. The number of likely N-dealkylation sites (N-methyl/N-ethyl adjacent to an activating group) is 1. The molecule has 88 valence electrons. The van der Waals surface area contributed by atoms with E-state index in [0.717, 1.165) is 13.0 Å². The summed E-state index contributed by atoms with van der Waals surface area (Å²) in [5, 5.41) is 5.88. The van der Waals surface area contributed by atoms with Crippen molar-refractivity contribution in [2.24, 2.45) is 0 Å². The van der Waals surface area contributed by atoms with Gasteiger partial charge in [-0.2, -0.15) is 0 Å². The van der Waals surface area contributed by atoms with Gasteiger partial charge in [-0.25, -0.2) is 0 Å². The Kier molecular flexibility index (Phi) is 4.99. The van der Waals surface area contributed by atoms with Crippen LogP contribution in [0, 0.1) is 0 Å². The van der Waals surface area contributed by atoms with Crippen LogP contribution in [-0.2, 0) is 17.8 Å². The van der Waals surface area contributed by atoms with Gasteiger partial charge in [0.05, 0.1) is 6.04 Å². The third-order valence-corrected chi connectivity index (χ3v) is 2.64. The summed E-state index contributed by atoms with van der Waals surface area (Å²) in [6, 6.07) is 8.16. The summed E-state index contributed by atoms with van der Waals surface area (Å²) >= 11 is 0. The average molecular weight is 220 g/mol. The molecule has 1 aromatic carbocycles. The normalized spacial score (nSPS) is 17.8. The first kappa shape index (κ1) is 12.7. The maximum atomic E-state index is 11.4. The zero-order valence-electron chi connectivity index (χ0n) is 10.2. The molecule has 2 N–H and O–H groups in total. The lowest BCUT2D eigenvalue weighted by molar-refractivity contribution is -0.122. The van der Waals surface area contributed by atoms with Gasteiger partial charge in [0.25, 0.3) is 0 Å². The molecule has 0 fully saturated rings. The van der Waals surface area contributed by atoms with E-state index in [9.17, 15) is 4.79 Å². The molecule has 0 aliphatic carbocycles. The third kappa shape index (κ3) is 2.83. The van der Waals surface area contributed by atoms with Crippen molar-refractivity contribution < 1.29 is 4.79 Å². The van der Waals surface area contributed by atoms with E-state index in [-0.39, 0.29) is 11.9 Å². The molecule has 1 aliphatic rings. The van der Waals surface area contributed by atoms with Gasteiger partial charge in [-0.15, -0.1) is 0 Å². The molecule has 3 heteroatoms. The molecule has 1 aromatic rings. The highest BCUT2D eigenvalue weighted by molar-refractivity contribution is 5.82. The number of carbonyl (C=O) groups excluding carboxylic acids is 1. The number of fused-ring (bicyclic) bond motifs is 1. The number of carbonyl (C=O) groups is 1. The molecule has 0 saturated heterocycles. The van der Waals surface area contributed by atoms with Crippen molar-refractivity contribution in [3.8, 4) is 0 Å². The van der Waals surface area contributed by atoms with Crippen LogP contribution < -0.4 is 10.6 Å². The molecule has 0 saturated carbocycles. The van der Waals surface area contributed by atoms with Crippen LogP contribution in [0.2, 0.25) is 0 Å². The Labute approximate surface area is 97.2 Å². The average Bonchev–Trinajstić information content (AvgIpc) is 2.39. The smallest absolute Gasteiger partial charge is 0.237 e. The fourth-order valence-corrected chi connectivity index (χ4v) is 1.81. The maximum absolute atomic E-state index is 11.4. The fraction of sp³-hybridized carbons (Fsp3) is 0.462. The predicted molar refractivity (Wildman–Crippen MR) is 66.2 cm³/mol. The standard InChI is InChI=1S/C11H14N2O.C2H6/c1-12-11(14)10-6-8-4-2-3-5-9(8)7-13-10;1-2/h2-5,10,13H,6-7H2,1H3,(H,12,14);1-2H3. The first-order valence-corrected chi connectivity index (χ1v) is 5.83. The summed E-state index contributed by atoms with van der Waals surface area (Å²) < 4.78 is 0. The molecule has 0 aromatic heterocycles. The van der Waals surface area contributed by atoms with Gasteiger partial charge < -0.3 is 10.6 Å². The summed E-state index contributed by atoms with van der Waals surface area (Å²) in [4.78, 5) is 11.4. The van der Waals surface area contributed by atoms with E-state index < -0.39 is 0 Å². The molecule has 1 amide bonds. The van der Waals surface area contributed by atoms with Crippen LogP contribution >= 0.6 is 0 Å². The molecule has 16 heavy (non-hydrogen) atoms. The van der Waals surface area contributed by atoms with Crippen molar-refractivity contribution in [3.63, 3.8) is 0 Å². The lowest BCUT2D eigenvalue weighted by Gasteiger charge is -2.24. The lowest BCUT2D eigenvalue weighted by atomic mass is 9.95. The summed E-state index contributed by atoms with van der Waals surface area (Å²) in [6.07, 6.45) is 0.788. The maximum Gasteiger partial charge on any atom is 0.237 e. The molecule has 1 unspecified atom stereocenters. The lowest BCUT2D eigenvalue weighted by Crippen LogP contribution is -2.46. The minimum atomic E-state index is -0.0742. The molecule has 0 radical (unpaired) electrons. The topological polar surface area (TPSA) is 41.1 Å². The minimum absolute atomic E-state index is 0.0690. The van der Waals surface area contributed by atoms with Crippen molar-refractivity contribution in [1.82, 2.24) is 10.6 Å². The number of amides is 1. The Morgan fingerprint density at radius 2 is 1.94 bits per heavy atom. The van der Waals surface area contributed by atoms with Gasteiger partial charge in [0.2, 0.25) is 5.91 Å². The molecule has 2 rings (SSSR count). The van der Waals surface area contributed by atoms with Crippen LogP contribution in [0.15, 0.2) is 24.3 Å². The van der Waals surface area contributed by atoms with Gasteiger partial charge in [0.15, 0.2) is 0 Å². The largest absolute Gasteiger partial charge is 0.358 e. The number of rotatable bonds is 1. The van der Waals surface area contributed by atoms with Crippen LogP contribution in [0.25, 0.3) is 0 Å². The summed E-state index contributed by atoms with van der Waals surface area (Å²) in [5.74, 6) is 0.0690. The molecule has 3 nitrogen and oxygen atoms in total. The van der Waals surface area contributed by atoms with Crippen LogP contribution in [-0.4, -0.2) is 19.0 Å². The Morgan fingerprint density at radius 1 is 1.31 bits per heavy atom. The van der Waals surface area contributed by atoms with Crippen molar-refractivity contribution in [2.45, 2.75) is 32.9 Å². The second-order valence-corrected chi connectivity index (χ2v) is 3.52. The summed E-state index contributed by atoms with van der Waals surface area (Å²) in [7, 11) is 1.67. The second-order valence-electron chi connectivity index (χ2n) is 3.52. The van der Waals surface area contributed by atoms with Gasteiger partial charge >= 0.3 is 0 Å². The van der Waals surface area contributed by atoms with Gasteiger partial charge in [0.1, 0.15) is 0 Å². The van der Waals surface area contributed by atoms with Gasteiger partial charge in [-0.05, 0) is 17.5 Å². The molecular formula is C13H20N2O. The van der Waals surface area contributed by atoms with E-state index in [2.05, 4.69) is 22.8 Å². The van der Waals surface area contributed by atoms with Crippen LogP contribution in [0.5, 0.6) is 0 Å². The molecule has 1 heterocycles. The van der Waals surface area contributed by atoms with E-state index in [4.69, 9.17) is 0 Å². The highest BCUT2D eigenvalue weighted by atomic mass is 16.2. The molecule has 0 spiro atoms. The Bertz CT molecular complexity index is 350. The van der Waals surface area contributed by atoms with Crippen LogP contribution in [0.4, 0.5) is 0 Å². The Morgan fingerprint density at radius 3 is 2.56 bits per heavy atom. The van der Waals surface area contributed by atoms with Crippen LogP contribution in [0.3, 0.4) is 0 Å². The van der Waals surface area contributed by atoms with Gasteiger partial charge in [-0.3, -0.25) is 4.79 Å². The predicted octanol–water partition coefficient (Wildman–Crippen LogP) is 1.47. The Hall–Kier alpha value is -1.35. The third-order valence-electron chi connectivity index (χ3n) is 2.64. The molecule has 0 bridgehead atoms. The van der Waals surface area contributed by atoms with E-state index in [1.54, 1.807) is 7.05 Å². The monoisotopic (exact) mass is 220 g/mol. The molecule has 1 atom stereocenters. The van der Waals surface area contributed by atoms with Gasteiger partial charge in [0, 0.05) is 13.6 Å². The minimum Gasteiger partial charge on any atom is -0.358 e.